The number of hydrogen-bond donors (Lipinski definition) is 3. The minimum absolute atomic E-state index is 0. The standard InChI is InChI=1S/C21H14N.2C18H12NO.C15H10N.C14H16N2.3C5H8O2.4Ir/c1-3-9-16(10-4-1)19-15-21(17-11-5-2-6-12-17)22-20-14-8-7-13-18(19)20;20-18(15-9-5-2-6-10-15)16-11-12-17(19-13-16)14-7-3-1-4-8-14;20-18(15-6-2-1-3-7-15)16-11-9-14(10-12-16)17-8-4-5-13-19-17;1-2-7-13(8-3-1)15-14-9-5-4-6-12(14)10-11-16-15;1-14(2,3)11-7-8-13(16-10-11)12-6-4-5-9-15-12;3*1-4(6)3-5(2)7;;;;/h1-11,13-15H;1-7,9-13H;1-9,11-13H;1-7,9-11H;4-10H,1-3H3;3*3,6H,1-2H3;;;;/q4*-1;;;;;;;;. The zero-order chi connectivity index (χ0) is 82.3. The molecule has 0 unspecified atom stereocenters. The molecule has 0 saturated heterocycles. The monoisotopic (exact) mass is 2280 g/mol. The van der Waals surface area contributed by atoms with Crippen LogP contribution in [0.3, 0.4) is 0 Å². The van der Waals surface area contributed by atoms with Crippen LogP contribution < -0.4 is 0 Å². The Morgan fingerprint density at radius 3 is 1.20 bits per heavy atom. The van der Waals surface area contributed by atoms with Crippen LogP contribution in [-0.4, -0.2) is 74.1 Å². The van der Waals surface area contributed by atoms with Gasteiger partial charge < -0.3 is 30.3 Å². The number of benzene rings is 9. The molecule has 6 aromatic heterocycles. The average molecular weight is 2280 g/mol. The fourth-order valence-electron chi connectivity index (χ4n) is 11.0. The number of aliphatic hydroxyl groups excluding tert-OH is 3. The molecule has 610 valence electrons. The summed E-state index contributed by atoms with van der Waals surface area (Å²) in [6.07, 6.45) is 12.4. The van der Waals surface area contributed by atoms with Gasteiger partial charge in [0.1, 0.15) is 0 Å². The van der Waals surface area contributed by atoms with Gasteiger partial charge in [-0.25, -0.2) is 0 Å². The molecule has 4 radical (unpaired) electrons. The zero-order valence-electron chi connectivity index (χ0n) is 66.9. The first-order valence-electron chi connectivity index (χ1n) is 36.8. The molecule has 119 heavy (non-hydrogen) atoms. The molecule has 3 N–H and O–H groups in total. The summed E-state index contributed by atoms with van der Waals surface area (Å²) in [7, 11) is 0. The van der Waals surface area contributed by atoms with E-state index >= 15 is 0 Å². The number of hydrogen-bond acceptors (Lipinski definition) is 14. The summed E-state index contributed by atoms with van der Waals surface area (Å²) in [6.45, 7) is 15.1. The third-order valence-corrected chi connectivity index (χ3v) is 16.3. The van der Waals surface area contributed by atoms with Gasteiger partial charge >= 0.3 is 0 Å². The Morgan fingerprint density at radius 2 is 0.756 bits per heavy atom. The van der Waals surface area contributed by atoms with Crippen molar-refractivity contribution in [3.05, 3.63) is 422 Å². The summed E-state index contributed by atoms with van der Waals surface area (Å²) >= 11 is 0. The maximum atomic E-state index is 12.3. The molecule has 0 spiro atoms. The van der Waals surface area contributed by atoms with Crippen LogP contribution in [0, 0.1) is 24.3 Å². The molecule has 0 saturated carbocycles. The van der Waals surface area contributed by atoms with E-state index in [0.29, 0.717) is 22.3 Å². The SMILES string of the molecule is CC(=O)C=C(C)O.CC(=O)C=C(C)O.CC(=O)C=C(C)O.CC(C)(C)c1ccc(-c2ccccn2)nc1.O=C(c1c[c-]c(-c2ccccn2)cc1)c1ccccc1.O=C(c1ccccc1)c1ccc(-c2[c-]cccc2)nc1.[Ir].[Ir].[Ir].[Ir].[c-]1ccccc1-c1cc(-c2ccccc2)c2ccccc2n1.[c-]1ccccc1-c1nccc2ccccc12. The van der Waals surface area contributed by atoms with Gasteiger partial charge in [-0.05, 0) is 134 Å². The van der Waals surface area contributed by atoms with Crippen LogP contribution >= 0.6 is 0 Å². The molecule has 14 nitrogen and oxygen atoms in total. The van der Waals surface area contributed by atoms with Crippen molar-refractivity contribution in [3.63, 3.8) is 0 Å². The van der Waals surface area contributed by atoms with E-state index in [1.165, 1.54) is 92.6 Å². The van der Waals surface area contributed by atoms with Crippen molar-refractivity contribution < 1.29 is 120 Å². The van der Waals surface area contributed by atoms with Gasteiger partial charge in [0.2, 0.25) is 0 Å². The van der Waals surface area contributed by atoms with Crippen molar-refractivity contribution in [1.29, 1.82) is 0 Å². The number of aromatic nitrogens is 6. The minimum atomic E-state index is -0.125. The molecule has 18 heteroatoms. The summed E-state index contributed by atoms with van der Waals surface area (Å²) in [4.78, 5) is 81.1. The van der Waals surface area contributed by atoms with Gasteiger partial charge in [0, 0.05) is 152 Å². The molecule has 0 aliphatic rings. The van der Waals surface area contributed by atoms with Crippen LogP contribution in [-0.2, 0) is 100 Å². The largest absolute Gasteiger partial charge is 0.512 e. The number of aliphatic hydroxyl groups is 3. The van der Waals surface area contributed by atoms with Gasteiger partial charge in [0.05, 0.1) is 34.2 Å². The second kappa shape index (κ2) is 52.6. The van der Waals surface area contributed by atoms with E-state index in [0.717, 1.165) is 61.9 Å². The van der Waals surface area contributed by atoms with E-state index in [2.05, 4.69) is 137 Å². The van der Waals surface area contributed by atoms with Crippen LogP contribution in [0.5, 0.6) is 0 Å². The van der Waals surface area contributed by atoms with Gasteiger partial charge in [-0.3, -0.25) is 38.9 Å². The first-order chi connectivity index (χ1) is 55.5. The number of ketones is 5. The van der Waals surface area contributed by atoms with E-state index < -0.39 is 0 Å². The number of carbonyl (C=O) groups excluding carboxylic acids is 5. The minimum Gasteiger partial charge on any atom is -0.512 e. The molecule has 15 rings (SSSR count). The molecule has 9 aromatic carbocycles. The van der Waals surface area contributed by atoms with E-state index in [1.807, 2.05) is 225 Å². The van der Waals surface area contributed by atoms with Crippen LogP contribution in [0.25, 0.3) is 89.2 Å². The first-order valence-corrected chi connectivity index (χ1v) is 36.8. The summed E-state index contributed by atoms with van der Waals surface area (Å²) < 4.78 is 0. The molecule has 0 aliphatic heterocycles. The second-order valence-corrected chi connectivity index (χ2v) is 26.8. The van der Waals surface area contributed by atoms with Gasteiger partial charge in [-0.2, -0.15) is 0 Å². The Hall–Kier alpha value is -12.0. The Morgan fingerprint density at radius 1 is 0.336 bits per heavy atom. The van der Waals surface area contributed by atoms with E-state index in [9.17, 15) is 24.0 Å². The number of para-hydroxylation sites is 1. The number of rotatable bonds is 13. The quantitative estimate of drug-likeness (QED) is 0.0423. The van der Waals surface area contributed by atoms with Crippen molar-refractivity contribution in [2.24, 2.45) is 0 Å². The molecule has 0 bridgehead atoms. The van der Waals surface area contributed by atoms with Crippen LogP contribution in [0.15, 0.2) is 370 Å². The molecule has 0 aliphatic carbocycles. The molecule has 15 aromatic rings. The normalized spacial score (nSPS) is 10.4. The maximum absolute atomic E-state index is 12.3. The van der Waals surface area contributed by atoms with Crippen LogP contribution in [0.1, 0.15) is 99.7 Å². The number of pyridine rings is 6. The Kier molecular flexibility index (Phi) is 43.9. The van der Waals surface area contributed by atoms with Crippen molar-refractivity contribution in [1.82, 2.24) is 29.9 Å². The molecule has 0 fully saturated rings. The Labute approximate surface area is 751 Å². The van der Waals surface area contributed by atoms with Crippen LogP contribution in [0.2, 0.25) is 0 Å². The maximum Gasteiger partial charge on any atom is 0.194 e. The van der Waals surface area contributed by atoms with E-state index in [4.69, 9.17) is 20.3 Å². The van der Waals surface area contributed by atoms with Crippen molar-refractivity contribution in [2.45, 2.75) is 67.7 Å². The summed E-state index contributed by atoms with van der Waals surface area (Å²) in [5.41, 5.74) is 16.7. The molecule has 0 amide bonds. The summed E-state index contributed by atoms with van der Waals surface area (Å²) in [6, 6.07) is 111. The van der Waals surface area contributed by atoms with Gasteiger partial charge in [0.25, 0.3) is 0 Å². The number of carbonyl (C=O) groups is 5. The van der Waals surface area contributed by atoms with Crippen molar-refractivity contribution >= 4 is 50.6 Å². The Balaban J connectivity index is 0.000000293. The average Bonchev–Trinajstić information content (AvgIpc) is 0.783. The number of allylic oxidation sites excluding steroid dienone is 6. The third kappa shape index (κ3) is 33.8. The van der Waals surface area contributed by atoms with E-state index in [1.54, 1.807) is 42.9 Å². The second-order valence-electron chi connectivity index (χ2n) is 26.8. The number of fused-ring (bicyclic) bond motifs is 2. The smallest absolute Gasteiger partial charge is 0.194 e. The summed E-state index contributed by atoms with van der Waals surface area (Å²) in [5, 5.41) is 28.6. The van der Waals surface area contributed by atoms with Crippen molar-refractivity contribution in [3.8, 4) is 67.5 Å². The van der Waals surface area contributed by atoms with Gasteiger partial charge in [-0.1, -0.05) is 202 Å². The molecular weight excluding hydrogens is 2190 g/mol. The molecule has 6 heterocycles. The molecule has 0 atom stereocenters. The van der Waals surface area contributed by atoms with Crippen molar-refractivity contribution in [2.75, 3.05) is 0 Å². The zero-order valence-corrected chi connectivity index (χ0v) is 76.5. The Bertz CT molecular complexity index is 5470. The predicted molar refractivity (Wildman–Crippen MR) is 462 cm³/mol. The third-order valence-electron chi connectivity index (χ3n) is 16.3. The van der Waals surface area contributed by atoms with Crippen LogP contribution in [0.4, 0.5) is 0 Å². The van der Waals surface area contributed by atoms with E-state index in [-0.39, 0.29) is 132 Å². The predicted octanol–water partition coefficient (Wildman–Crippen LogP) is 23.2. The first kappa shape index (κ1) is 99.3. The number of nitrogens with zero attached hydrogens (tertiary/aromatic N) is 6. The van der Waals surface area contributed by atoms with Gasteiger partial charge in [-0.15, -0.1) is 138 Å². The summed E-state index contributed by atoms with van der Waals surface area (Å²) in [5.74, 6) is -0.191. The topological polar surface area (TPSA) is 223 Å². The fourth-order valence-corrected chi connectivity index (χ4v) is 11.0. The van der Waals surface area contributed by atoms with Gasteiger partial charge in [0.15, 0.2) is 28.9 Å². The fraction of sp³-hybridized carbons (Fsp3) is 0.0990. The molecular formula is C101H88Ir4N6O8-4.